The van der Waals surface area contributed by atoms with Gasteiger partial charge in [-0.25, -0.2) is 4.79 Å². The molecule has 0 aliphatic carbocycles. The molecule has 0 unspecified atom stereocenters. The molecule has 2 aromatic heterocycles. The first-order valence-electron chi connectivity index (χ1n) is 11.4. The molecular weight excluding hydrogens is 473 g/mol. The number of rotatable bonds is 6. The van der Waals surface area contributed by atoms with Gasteiger partial charge in [-0.3, -0.25) is 9.78 Å². The number of aromatic nitrogens is 2. The van der Waals surface area contributed by atoms with E-state index in [-0.39, 0.29) is 5.91 Å². The summed E-state index contributed by atoms with van der Waals surface area (Å²) in [5.41, 5.74) is 7.02. The Morgan fingerprint density at radius 3 is 2.47 bits per heavy atom. The zero-order valence-electron chi connectivity index (χ0n) is 19.9. The van der Waals surface area contributed by atoms with Crippen molar-refractivity contribution in [3.63, 3.8) is 0 Å². The third-order valence-electron chi connectivity index (χ3n) is 5.61. The molecule has 190 valence electrons. The second-order valence-corrected chi connectivity index (χ2v) is 7.92. The normalized spacial score (nSPS) is 13.0. The van der Waals surface area contributed by atoms with Gasteiger partial charge in [-0.05, 0) is 49.8 Å². The van der Waals surface area contributed by atoms with E-state index in [9.17, 15) is 18.0 Å². The number of pyridine rings is 1. The Balaban J connectivity index is 0.000000454. The molecule has 3 heterocycles. The number of fused-ring (bicyclic) bond motifs is 1. The molecule has 1 aliphatic rings. The Kier molecular flexibility index (Phi) is 8.52. The standard InChI is InChI=1S/C24H26N4O.C2HF3O2/c1-3-28(4-2)23-8-6-5-7-17(23)9-10-19-15-18(11-13-25-19)22-16-20-21(27-22)12-14-26-24(20)29;3-2(4,5)1(6)7/h5-11,13,15-16,27H,3-4,12,14H2,1-2H3,(H,26,29);(H,6,7). The fraction of sp³-hybridized carbons (Fsp3) is 0.269. The fourth-order valence-corrected chi connectivity index (χ4v) is 3.81. The summed E-state index contributed by atoms with van der Waals surface area (Å²) in [5, 5.41) is 10.0. The second kappa shape index (κ2) is 11.6. The van der Waals surface area contributed by atoms with E-state index in [1.54, 1.807) is 0 Å². The molecule has 0 radical (unpaired) electrons. The number of para-hydroxylation sites is 1. The Labute approximate surface area is 206 Å². The SMILES string of the molecule is CCN(CC)c1ccccc1C=Cc1cc(-c2cc3c([nH]2)CCNC3=O)ccn1.O=C(O)C(F)(F)F. The van der Waals surface area contributed by atoms with Gasteiger partial charge in [0.15, 0.2) is 0 Å². The summed E-state index contributed by atoms with van der Waals surface area (Å²) in [6, 6.07) is 14.4. The number of hydrogen-bond donors (Lipinski definition) is 3. The number of nitrogens with one attached hydrogen (secondary N) is 2. The summed E-state index contributed by atoms with van der Waals surface area (Å²) in [7, 11) is 0. The molecule has 0 bridgehead atoms. The quantitative estimate of drug-likeness (QED) is 0.442. The van der Waals surface area contributed by atoms with E-state index in [0.717, 1.165) is 47.7 Å². The first-order valence-corrected chi connectivity index (χ1v) is 11.4. The fourth-order valence-electron chi connectivity index (χ4n) is 3.81. The number of anilines is 1. The van der Waals surface area contributed by atoms with E-state index in [1.165, 1.54) is 11.3 Å². The van der Waals surface area contributed by atoms with Gasteiger partial charge in [-0.2, -0.15) is 13.2 Å². The number of carboxylic acid groups (broad SMARTS) is 1. The lowest BCUT2D eigenvalue weighted by atomic mass is 10.1. The second-order valence-electron chi connectivity index (χ2n) is 7.92. The van der Waals surface area contributed by atoms with Gasteiger partial charge < -0.3 is 20.3 Å². The Morgan fingerprint density at radius 2 is 1.83 bits per heavy atom. The number of halogens is 3. The maximum Gasteiger partial charge on any atom is 0.490 e. The zero-order chi connectivity index (χ0) is 26.3. The van der Waals surface area contributed by atoms with Crippen LogP contribution >= 0.6 is 0 Å². The predicted octanol–water partition coefficient (Wildman–Crippen LogP) is 5.01. The number of nitrogens with zero attached hydrogens (tertiary/aromatic N) is 2. The zero-order valence-corrected chi connectivity index (χ0v) is 19.9. The van der Waals surface area contributed by atoms with Crippen molar-refractivity contribution in [1.82, 2.24) is 15.3 Å². The highest BCUT2D eigenvalue weighted by molar-refractivity contribution is 5.97. The van der Waals surface area contributed by atoms with Gasteiger partial charge in [0.1, 0.15) is 0 Å². The number of carboxylic acids is 1. The lowest BCUT2D eigenvalue weighted by Gasteiger charge is -2.23. The van der Waals surface area contributed by atoms with Crippen LogP contribution in [0.25, 0.3) is 23.4 Å². The number of aromatic amines is 1. The lowest BCUT2D eigenvalue weighted by molar-refractivity contribution is -0.192. The summed E-state index contributed by atoms with van der Waals surface area (Å²) >= 11 is 0. The number of aliphatic carboxylic acids is 1. The number of alkyl halides is 3. The molecule has 0 fully saturated rings. The molecule has 1 amide bonds. The van der Waals surface area contributed by atoms with Crippen molar-refractivity contribution in [1.29, 1.82) is 0 Å². The van der Waals surface area contributed by atoms with Crippen molar-refractivity contribution >= 4 is 29.7 Å². The van der Waals surface area contributed by atoms with Crippen LogP contribution in [0.5, 0.6) is 0 Å². The Bertz CT molecular complexity index is 1250. The van der Waals surface area contributed by atoms with Gasteiger partial charge in [0.25, 0.3) is 5.91 Å². The average Bonchev–Trinajstić information content (AvgIpc) is 3.30. The van der Waals surface area contributed by atoms with Crippen molar-refractivity contribution in [2.75, 3.05) is 24.5 Å². The number of H-pyrrole nitrogens is 1. The summed E-state index contributed by atoms with van der Waals surface area (Å²) < 4.78 is 31.7. The average molecular weight is 501 g/mol. The van der Waals surface area contributed by atoms with Crippen molar-refractivity contribution in [3.8, 4) is 11.3 Å². The Morgan fingerprint density at radius 1 is 1.14 bits per heavy atom. The van der Waals surface area contributed by atoms with E-state index >= 15 is 0 Å². The van der Waals surface area contributed by atoms with Crippen molar-refractivity contribution in [2.45, 2.75) is 26.4 Å². The molecule has 1 aromatic carbocycles. The van der Waals surface area contributed by atoms with Crippen LogP contribution in [0.15, 0.2) is 48.7 Å². The smallest absolute Gasteiger partial charge is 0.475 e. The summed E-state index contributed by atoms with van der Waals surface area (Å²) in [6.45, 7) is 6.97. The summed E-state index contributed by atoms with van der Waals surface area (Å²) in [6.07, 6.45) is 1.72. The highest BCUT2D eigenvalue weighted by Gasteiger charge is 2.38. The number of carbonyl (C=O) groups is 2. The molecule has 10 heteroatoms. The maximum atomic E-state index is 12.0. The topological polar surface area (TPSA) is 98.3 Å². The van der Waals surface area contributed by atoms with Crippen LogP contribution in [0, 0.1) is 0 Å². The van der Waals surface area contributed by atoms with Crippen LogP contribution in [0.4, 0.5) is 18.9 Å². The molecule has 1 aliphatic heterocycles. The largest absolute Gasteiger partial charge is 0.490 e. The van der Waals surface area contributed by atoms with Gasteiger partial charge in [0.05, 0.1) is 11.3 Å². The van der Waals surface area contributed by atoms with E-state index in [2.05, 4.69) is 64.4 Å². The van der Waals surface area contributed by atoms with E-state index in [0.29, 0.717) is 6.54 Å². The summed E-state index contributed by atoms with van der Waals surface area (Å²) in [4.78, 5) is 31.2. The maximum absolute atomic E-state index is 12.0. The minimum absolute atomic E-state index is 0.00376. The molecule has 7 nitrogen and oxygen atoms in total. The minimum Gasteiger partial charge on any atom is -0.475 e. The van der Waals surface area contributed by atoms with Crippen LogP contribution in [-0.4, -0.2) is 52.8 Å². The van der Waals surface area contributed by atoms with Crippen LogP contribution in [0.3, 0.4) is 0 Å². The van der Waals surface area contributed by atoms with Gasteiger partial charge in [-0.15, -0.1) is 0 Å². The van der Waals surface area contributed by atoms with Crippen LogP contribution in [0.1, 0.15) is 41.2 Å². The number of benzene rings is 1. The summed E-state index contributed by atoms with van der Waals surface area (Å²) in [5.74, 6) is -2.76. The van der Waals surface area contributed by atoms with Crippen LogP contribution in [-0.2, 0) is 11.2 Å². The van der Waals surface area contributed by atoms with E-state index in [1.807, 2.05) is 30.5 Å². The van der Waals surface area contributed by atoms with Crippen LogP contribution < -0.4 is 10.2 Å². The van der Waals surface area contributed by atoms with E-state index in [4.69, 9.17) is 9.90 Å². The monoisotopic (exact) mass is 500 g/mol. The van der Waals surface area contributed by atoms with Gasteiger partial charge in [0.2, 0.25) is 0 Å². The molecule has 3 aromatic rings. The number of hydrogen-bond acceptors (Lipinski definition) is 4. The molecule has 0 saturated carbocycles. The molecule has 0 saturated heterocycles. The first-order chi connectivity index (χ1) is 17.1. The minimum atomic E-state index is -5.08. The molecule has 3 N–H and O–H groups in total. The van der Waals surface area contributed by atoms with E-state index < -0.39 is 12.1 Å². The van der Waals surface area contributed by atoms with Gasteiger partial charge in [0, 0.05) is 54.9 Å². The van der Waals surface area contributed by atoms with Crippen molar-refractivity contribution in [3.05, 3.63) is 71.2 Å². The molecule has 0 atom stereocenters. The van der Waals surface area contributed by atoms with Crippen molar-refractivity contribution < 1.29 is 27.9 Å². The predicted molar refractivity (Wildman–Crippen MR) is 133 cm³/mol. The third-order valence-corrected chi connectivity index (χ3v) is 5.61. The number of carbonyl (C=O) groups excluding carboxylic acids is 1. The number of amides is 1. The third kappa shape index (κ3) is 6.53. The highest BCUT2D eigenvalue weighted by atomic mass is 19.4. The van der Waals surface area contributed by atoms with Gasteiger partial charge >= 0.3 is 12.1 Å². The molecule has 36 heavy (non-hydrogen) atoms. The Hall–Kier alpha value is -4.08. The molecule has 4 rings (SSSR count). The van der Waals surface area contributed by atoms with Gasteiger partial charge in [-0.1, -0.05) is 24.3 Å². The highest BCUT2D eigenvalue weighted by Crippen LogP contribution is 2.26. The lowest BCUT2D eigenvalue weighted by Crippen LogP contribution is -2.31. The molecular formula is C26H27F3N4O3. The van der Waals surface area contributed by atoms with Crippen molar-refractivity contribution in [2.24, 2.45) is 0 Å². The molecule has 0 spiro atoms. The van der Waals surface area contributed by atoms with Crippen LogP contribution in [0.2, 0.25) is 0 Å². The first kappa shape index (κ1) is 26.5.